The average molecular weight is 275 g/mol. The van der Waals surface area contributed by atoms with Crippen LogP contribution in [-0.2, 0) is 19.4 Å². The smallest absolute Gasteiger partial charge is 0.272 e. The van der Waals surface area contributed by atoms with Gasteiger partial charge in [-0.25, -0.2) is 4.68 Å². The Morgan fingerprint density at radius 2 is 2.10 bits per heavy atom. The molecular weight excluding hydrogens is 258 g/mol. The summed E-state index contributed by atoms with van der Waals surface area (Å²) in [5.41, 5.74) is 7.49. The van der Waals surface area contributed by atoms with Gasteiger partial charge in [0, 0.05) is 18.2 Å². The van der Waals surface area contributed by atoms with Crippen molar-refractivity contribution in [1.29, 1.82) is 0 Å². The molecule has 0 atom stereocenters. The molecule has 0 amide bonds. The maximum atomic E-state index is 11.0. The Morgan fingerprint density at radius 1 is 1.35 bits per heavy atom. The van der Waals surface area contributed by atoms with Gasteiger partial charge in [-0.2, -0.15) is 0 Å². The maximum Gasteiger partial charge on any atom is 0.272 e. The monoisotopic (exact) mass is 275 g/mol. The summed E-state index contributed by atoms with van der Waals surface area (Å²) in [5, 5.41) is 18.8. The van der Waals surface area contributed by atoms with Crippen LogP contribution in [0.3, 0.4) is 0 Å². The number of para-hydroxylation sites is 1. The predicted octanol–water partition coefficient (Wildman–Crippen LogP) is 1.96. The van der Waals surface area contributed by atoms with E-state index in [4.69, 9.17) is 5.73 Å². The van der Waals surface area contributed by atoms with Crippen molar-refractivity contribution in [3.8, 4) is 0 Å². The molecule has 0 saturated heterocycles. The van der Waals surface area contributed by atoms with E-state index in [1.807, 2.05) is 0 Å². The molecule has 0 bridgehead atoms. The Bertz CT molecular complexity index is 609. The Labute approximate surface area is 116 Å². The highest BCUT2D eigenvalue weighted by Gasteiger charge is 2.14. The summed E-state index contributed by atoms with van der Waals surface area (Å²) in [7, 11) is 0. The number of aromatic nitrogens is 3. The van der Waals surface area contributed by atoms with Crippen LogP contribution in [0.25, 0.3) is 0 Å². The summed E-state index contributed by atoms with van der Waals surface area (Å²) in [4.78, 5) is 10.6. The summed E-state index contributed by atoms with van der Waals surface area (Å²) in [6, 6.07) is 6.73. The molecule has 0 fully saturated rings. The number of hydrogen-bond acceptors (Lipinski definition) is 5. The molecular formula is C13H17N5O2. The molecule has 2 aromatic rings. The van der Waals surface area contributed by atoms with E-state index >= 15 is 0 Å². The van der Waals surface area contributed by atoms with Crippen molar-refractivity contribution >= 4 is 11.5 Å². The molecule has 0 aliphatic heterocycles. The third-order valence-corrected chi connectivity index (χ3v) is 3.14. The minimum atomic E-state index is -0.363. The average Bonchev–Trinajstić information content (AvgIpc) is 2.78. The molecule has 7 nitrogen and oxygen atoms in total. The van der Waals surface area contributed by atoms with Gasteiger partial charge in [0.2, 0.25) is 0 Å². The van der Waals surface area contributed by atoms with E-state index in [1.54, 1.807) is 22.9 Å². The van der Waals surface area contributed by atoms with Gasteiger partial charge in [-0.1, -0.05) is 36.8 Å². The van der Waals surface area contributed by atoms with Gasteiger partial charge in [0.15, 0.2) is 5.82 Å². The third kappa shape index (κ3) is 2.93. The highest BCUT2D eigenvalue weighted by Crippen LogP contribution is 2.19. The molecule has 0 radical (unpaired) electrons. The number of nitro groups is 1. The summed E-state index contributed by atoms with van der Waals surface area (Å²) >= 11 is 0. The minimum Gasteiger partial charge on any atom is -0.381 e. The fraction of sp³-hybridized carbons (Fsp3) is 0.385. The van der Waals surface area contributed by atoms with E-state index in [2.05, 4.69) is 17.2 Å². The molecule has 0 aliphatic rings. The van der Waals surface area contributed by atoms with Crippen LogP contribution in [0.2, 0.25) is 0 Å². The largest absolute Gasteiger partial charge is 0.381 e. The lowest BCUT2D eigenvalue weighted by Crippen LogP contribution is -2.09. The zero-order valence-electron chi connectivity index (χ0n) is 11.3. The van der Waals surface area contributed by atoms with Gasteiger partial charge in [0.25, 0.3) is 5.69 Å². The molecule has 0 aliphatic carbocycles. The highest BCUT2D eigenvalue weighted by molar-refractivity contribution is 5.40. The standard InChI is InChI=1S/C13H17N5O2/c1-2-5-12-13(14)15-16-17(12)9-8-10-6-3-4-7-11(10)18(19)20/h3-4,6-7H,2,5,8-9,14H2,1H3. The van der Waals surface area contributed by atoms with Crippen molar-refractivity contribution in [2.24, 2.45) is 0 Å². The lowest BCUT2D eigenvalue weighted by atomic mass is 10.1. The van der Waals surface area contributed by atoms with Crippen LogP contribution < -0.4 is 5.73 Å². The Morgan fingerprint density at radius 3 is 2.80 bits per heavy atom. The summed E-state index contributed by atoms with van der Waals surface area (Å²) in [6.45, 7) is 2.59. The van der Waals surface area contributed by atoms with Crippen molar-refractivity contribution in [3.05, 3.63) is 45.6 Å². The first-order chi connectivity index (χ1) is 9.63. The molecule has 7 heteroatoms. The van der Waals surface area contributed by atoms with Crippen LogP contribution in [0.1, 0.15) is 24.6 Å². The van der Waals surface area contributed by atoms with Crippen LogP contribution in [0, 0.1) is 10.1 Å². The molecule has 0 spiro atoms. The Hall–Kier alpha value is -2.44. The third-order valence-electron chi connectivity index (χ3n) is 3.14. The molecule has 1 heterocycles. The summed E-state index contributed by atoms with van der Waals surface area (Å²) in [5.74, 6) is 0.439. The van der Waals surface area contributed by atoms with Crippen molar-refractivity contribution < 1.29 is 4.92 Å². The molecule has 1 aromatic heterocycles. The number of nitrogens with zero attached hydrogens (tertiary/aromatic N) is 4. The second-order valence-electron chi connectivity index (χ2n) is 4.53. The van der Waals surface area contributed by atoms with Gasteiger partial charge in [-0.15, -0.1) is 5.10 Å². The van der Waals surface area contributed by atoms with Crippen LogP contribution in [0.5, 0.6) is 0 Å². The van der Waals surface area contributed by atoms with Gasteiger partial charge in [0.05, 0.1) is 10.6 Å². The van der Waals surface area contributed by atoms with E-state index in [0.29, 0.717) is 24.3 Å². The highest BCUT2D eigenvalue weighted by atomic mass is 16.6. The fourth-order valence-corrected chi connectivity index (χ4v) is 2.15. The summed E-state index contributed by atoms with van der Waals surface area (Å²) < 4.78 is 1.73. The van der Waals surface area contributed by atoms with Gasteiger partial charge in [-0.3, -0.25) is 10.1 Å². The molecule has 106 valence electrons. The SMILES string of the molecule is CCCc1c(N)nnn1CCc1ccccc1[N+](=O)[O-]. The molecule has 0 unspecified atom stereocenters. The topological polar surface area (TPSA) is 99.9 Å². The van der Waals surface area contributed by atoms with Crippen molar-refractivity contribution in [2.75, 3.05) is 5.73 Å². The summed E-state index contributed by atoms with van der Waals surface area (Å²) in [6.07, 6.45) is 2.27. The predicted molar refractivity (Wildman–Crippen MR) is 75.2 cm³/mol. The van der Waals surface area contributed by atoms with Gasteiger partial charge >= 0.3 is 0 Å². The van der Waals surface area contributed by atoms with Gasteiger partial charge < -0.3 is 5.73 Å². The number of anilines is 1. The number of rotatable bonds is 6. The molecule has 0 saturated carbocycles. The first-order valence-electron chi connectivity index (χ1n) is 6.53. The van der Waals surface area contributed by atoms with Crippen LogP contribution in [0.4, 0.5) is 11.5 Å². The fourth-order valence-electron chi connectivity index (χ4n) is 2.15. The number of nitro benzene ring substituents is 1. The Balaban J connectivity index is 2.15. The first-order valence-corrected chi connectivity index (χ1v) is 6.53. The van der Waals surface area contributed by atoms with E-state index in [-0.39, 0.29) is 10.6 Å². The van der Waals surface area contributed by atoms with Crippen molar-refractivity contribution in [3.63, 3.8) is 0 Å². The van der Waals surface area contributed by atoms with Crippen LogP contribution >= 0.6 is 0 Å². The molecule has 20 heavy (non-hydrogen) atoms. The van der Waals surface area contributed by atoms with E-state index in [9.17, 15) is 10.1 Å². The number of nitrogens with two attached hydrogens (primary N) is 1. The number of aryl methyl sites for hydroxylation is 2. The second-order valence-corrected chi connectivity index (χ2v) is 4.53. The molecule has 1 aromatic carbocycles. The van der Waals surface area contributed by atoms with Crippen molar-refractivity contribution in [1.82, 2.24) is 15.0 Å². The van der Waals surface area contributed by atoms with Crippen LogP contribution in [0.15, 0.2) is 24.3 Å². The zero-order valence-corrected chi connectivity index (χ0v) is 11.3. The molecule has 2 N–H and O–H groups in total. The minimum absolute atomic E-state index is 0.137. The maximum absolute atomic E-state index is 11.0. The lowest BCUT2D eigenvalue weighted by molar-refractivity contribution is -0.385. The van der Waals surface area contributed by atoms with Gasteiger partial charge in [0.1, 0.15) is 0 Å². The first kappa shape index (κ1) is 14.0. The Kier molecular flexibility index (Phi) is 4.29. The van der Waals surface area contributed by atoms with E-state index < -0.39 is 0 Å². The van der Waals surface area contributed by atoms with Crippen LogP contribution in [-0.4, -0.2) is 19.9 Å². The van der Waals surface area contributed by atoms with Crippen molar-refractivity contribution in [2.45, 2.75) is 32.7 Å². The zero-order chi connectivity index (χ0) is 14.5. The second kappa shape index (κ2) is 6.14. The quantitative estimate of drug-likeness (QED) is 0.641. The molecule has 2 rings (SSSR count). The van der Waals surface area contributed by atoms with E-state index in [1.165, 1.54) is 6.07 Å². The van der Waals surface area contributed by atoms with E-state index in [0.717, 1.165) is 18.5 Å². The number of hydrogen-bond donors (Lipinski definition) is 1. The number of nitrogen functional groups attached to an aromatic ring is 1. The van der Waals surface area contributed by atoms with Gasteiger partial charge in [-0.05, 0) is 12.8 Å². The lowest BCUT2D eigenvalue weighted by Gasteiger charge is -2.06. The number of benzene rings is 1. The normalized spacial score (nSPS) is 10.7.